The summed E-state index contributed by atoms with van der Waals surface area (Å²) in [5.74, 6) is 0.941. The molecule has 1 fully saturated rings. The number of hydrogen-bond acceptors (Lipinski definition) is 3. The van der Waals surface area contributed by atoms with Gasteiger partial charge in [-0.15, -0.1) is 24.0 Å². The molecular weight excluding hydrogens is 441 g/mol. The van der Waals surface area contributed by atoms with Crippen molar-refractivity contribution in [1.82, 2.24) is 20.2 Å². The minimum Gasteiger partial charge on any atom is -0.382 e. The first-order valence-corrected chi connectivity index (χ1v) is 9.84. The van der Waals surface area contributed by atoms with Crippen LogP contribution in [0.2, 0.25) is 0 Å². The summed E-state index contributed by atoms with van der Waals surface area (Å²) in [5, 5.41) is 6.84. The standard InChI is InChI=1S/C19H35N5O.HI/c1-3-21-18(22-11-7-13-24-14-12-20-17-24)23-16-19(8-5-6-9-19)10-15-25-4-2;/h12,14,17H,3-11,13,15-16H2,1-2H3,(H2,21,22,23);1H. The molecule has 0 radical (unpaired) electrons. The Labute approximate surface area is 175 Å². The number of ether oxygens (including phenoxy) is 1. The van der Waals surface area contributed by atoms with Crippen molar-refractivity contribution >= 4 is 29.9 Å². The van der Waals surface area contributed by atoms with Crippen molar-refractivity contribution < 1.29 is 4.74 Å². The minimum absolute atomic E-state index is 0. The topological polar surface area (TPSA) is 63.5 Å². The van der Waals surface area contributed by atoms with Crippen molar-refractivity contribution in [3.05, 3.63) is 18.7 Å². The summed E-state index contributed by atoms with van der Waals surface area (Å²) >= 11 is 0. The van der Waals surface area contributed by atoms with Crippen LogP contribution in [0.4, 0.5) is 0 Å². The Kier molecular flexibility index (Phi) is 11.9. The van der Waals surface area contributed by atoms with Crippen LogP contribution in [0.3, 0.4) is 0 Å². The van der Waals surface area contributed by atoms with E-state index in [-0.39, 0.29) is 24.0 Å². The van der Waals surface area contributed by atoms with E-state index in [1.807, 2.05) is 18.7 Å². The van der Waals surface area contributed by atoms with E-state index in [1.54, 1.807) is 0 Å². The Hall–Kier alpha value is -0.830. The van der Waals surface area contributed by atoms with Crippen LogP contribution < -0.4 is 10.6 Å². The fourth-order valence-electron chi connectivity index (χ4n) is 3.52. The maximum atomic E-state index is 5.60. The van der Waals surface area contributed by atoms with Gasteiger partial charge >= 0.3 is 0 Å². The summed E-state index contributed by atoms with van der Waals surface area (Å²) in [6.07, 6.45) is 13.1. The maximum absolute atomic E-state index is 5.60. The molecule has 2 N–H and O–H groups in total. The highest BCUT2D eigenvalue weighted by Crippen LogP contribution is 2.41. The monoisotopic (exact) mass is 477 g/mol. The van der Waals surface area contributed by atoms with Crippen LogP contribution >= 0.6 is 24.0 Å². The molecule has 0 aliphatic heterocycles. The van der Waals surface area contributed by atoms with E-state index in [2.05, 4.69) is 34.0 Å². The van der Waals surface area contributed by atoms with E-state index < -0.39 is 0 Å². The highest BCUT2D eigenvalue weighted by Gasteiger charge is 2.33. The first-order chi connectivity index (χ1) is 12.3. The molecule has 1 aromatic rings. The van der Waals surface area contributed by atoms with Crippen molar-refractivity contribution in [3.63, 3.8) is 0 Å². The summed E-state index contributed by atoms with van der Waals surface area (Å²) in [6.45, 7) is 9.53. The average molecular weight is 477 g/mol. The third kappa shape index (κ3) is 8.24. The molecule has 6 nitrogen and oxygen atoms in total. The quantitative estimate of drug-likeness (QED) is 0.222. The van der Waals surface area contributed by atoms with Gasteiger partial charge < -0.3 is 19.9 Å². The van der Waals surface area contributed by atoms with E-state index in [1.165, 1.54) is 25.7 Å². The van der Waals surface area contributed by atoms with E-state index in [0.717, 1.165) is 58.2 Å². The molecule has 26 heavy (non-hydrogen) atoms. The normalized spacial score (nSPS) is 16.3. The zero-order chi connectivity index (χ0) is 17.8. The molecule has 1 aromatic heterocycles. The third-order valence-electron chi connectivity index (χ3n) is 5.01. The number of nitrogens with one attached hydrogen (secondary N) is 2. The van der Waals surface area contributed by atoms with Crippen molar-refractivity contribution in [1.29, 1.82) is 0 Å². The third-order valence-corrected chi connectivity index (χ3v) is 5.01. The smallest absolute Gasteiger partial charge is 0.191 e. The molecule has 0 atom stereocenters. The van der Waals surface area contributed by atoms with Gasteiger partial charge in [0.1, 0.15) is 0 Å². The summed E-state index contributed by atoms with van der Waals surface area (Å²) in [6, 6.07) is 0. The molecular formula is C19H36IN5O. The van der Waals surface area contributed by atoms with Crippen LogP contribution in [0.1, 0.15) is 52.4 Å². The number of guanidine groups is 1. The van der Waals surface area contributed by atoms with Crippen LogP contribution in [0.5, 0.6) is 0 Å². The molecule has 0 aromatic carbocycles. The second kappa shape index (κ2) is 13.4. The SMILES string of the molecule is CCNC(=NCC1(CCOCC)CCCC1)NCCCn1ccnc1.I. The van der Waals surface area contributed by atoms with Crippen LogP contribution in [-0.2, 0) is 11.3 Å². The molecule has 150 valence electrons. The molecule has 2 rings (SSSR count). The fraction of sp³-hybridized carbons (Fsp3) is 0.789. The Morgan fingerprint density at radius 2 is 2.08 bits per heavy atom. The van der Waals surface area contributed by atoms with E-state index in [9.17, 15) is 0 Å². The van der Waals surface area contributed by atoms with Crippen molar-refractivity contribution in [2.24, 2.45) is 10.4 Å². The molecule has 1 saturated carbocycles. The van der Waals surface area contributed by atoms with Gasteiger partial charge in [0.15, 0.2) is 5.96 Å². The van der Waals surface area contributed by atoms with Crippen molar-refractivity contribution in [3.8, 4) is 0 Å². The van der Waals surface area contributed by atoms with Gasteiger partial charge in [-0.05, 0) is 44.9 Å². The molecule has 1 aliphatic carbocycles. The second-order valence-electron chi connectivity index (χ2n) is 6.93. The summed E-state index contributed by atoms with van der Waals surface area (Å²) in [4.78, 5) is 8.97. The van der Waals surface area contributed by atoms with Crippen LogP contribution in [0.25, 0.3) is 0 Å². The Morgan fingerprint density at radius 3 is 2.73 bits per heavy atom. The van der Waals surface area contributed by atoms with Gasteiger partial charge in [-0.2, -0.15) is 0 Å². The summed E-state index contributed by atoms with van der Waals surface area (Å²) < 4.78 is 7.71. The number of aryl methyl sites for hydroxylation is 1. The van der Waals surface area contributed by atoms with Crippen LogP contribution in [-0.4, -0.2) is 48.4 Å². The van der Waals surface area contributed by atoms with Gasteiger partial charge in [-0.3, -0.25) is 4.99 Å². The molecule has 1 heterocycles. The number of hydrogen-bond donors (Lipinski definition) is 2. The minimum atomic E-state index is 0. The number of rotatable bonds is 11. The summed E-state index contributed by atoms with van der Waals surface area (Å²) in [5.41, 5.74) is 0.342. The predicted molar refractivity (Wildman–Crippen MR) is 118 cm³/mol. The fourth-order valence-corrected chi connectivity index (χ4v) is 3.52. The number of aromatic nitrogens is 2. The van der Waals surface area contributed by atoms with E-state index in [4.69, 9.17) is 9.73 Å². The molecule has 0 unspecified atom stereocenters. The van der Waals surface area contributed by atoms with Gasteiger partial charge in [0, 0.05) is 51.8 Å². The molecule has 7 heteroatoms. The van der Waals surface area contributed by atoms with Crippen LogP contribution in [0.15, 0.2) is 23.7 Å². The lowest BCUT2D eigenvalue weighted by atomic mass is 9.83. The number of nitrogens with zero attached hydrogens (tertiary/aromatic N) is 3. The Balaban J connectivity index is 0.00000338. The summed E-state index contributed by atoms with van der Waals surface area (Å²) in [7, 11) is 0. The zero-order valence-electron chi connectivity index (χ0n) is 16.4. The van der Waals surface area contributed by atoms with Gasteiger partial charge in [-0.1, -0.05) is 12.8 Å². The molecule has 0 bridgehead atoms. The van der Waals surface area contributed by atoms with Gasteiger partial charge in [0.05, 0.1) is 6.33 Å². The Morgan fingerprint density at radius 1 is 1.27 bits per heavy atom. The lowest BCUT2D eigenvalue weighted by Crippen LogP contribution is -2.39. The first kappa shape index (κ1) is 23.2. The predicted octanol–water partition coefficient (Wildman–Crippen LogP) is 3.43. The number of aliphatic imine (C=N–C) groups is 1. The van der Waals surface area contributed by atoms with Crippen LogP contribution in [0, 0.1) is 5.41 Å². The maximum Gasteiger partial charge on any atom is 0.191 e. The lowest BCUT2D eigenvalue weighted by molar-refractivity contribution is 0.107. The Bertz CT molecular complexity index is 486. The van der Waals surface area contributed by atoms with Gasteiger partial charge in [-0.25, -0.2) is 4.98 Å². The second-order valence-corrected chi connectivity index (χ2v) is 6.93. The molecule has 0 amide bonds. The molecule has 0 spiro atoms. The first-order valence-electron chi connectivity index (χ1n) is 9.84. The highest BCUT2D eigenvalue weighted by molar-refractivity contribution is 14.0. The van der Waals surface area contributed by atoms with Gasteiger partial charge in [0.25, 0.3) is 0 Å². The average Bonchev–Trinajstić information content (AvgIpc) is 3.29. The van der Waals surface area contributed by atoms with E-state index >= 15 is 0 Å². The van der Waals surface area contributed by atoms with Crippen molar-refractivity contribution in [2.45, 2.75) is 58.9 Å². The van der Waals surface area contributed by atoms with Gasteiger partial charge in [0.2, 0.25) is 0 Å². The number of imidazole rings is 1. The van der Waals surface area contributed by atoms with Crippen molar-refractivity contribution in [2.75, 3.05) is 32.8 Å². The lowest BCUT2D eigenvalue weighted by Gasteiger charge is -2.27. The zero-order valence-corrected chi connectivity index (χ0v) is 18.7. The van der Waals surface area contributed by atoms with E-state index in [0.29, 0.717) is 5.41 Å². The largest absolute Gasteiger partial charge is 0.382 e. The molecule has 0 saturated heterocycles. The highest BCUT2D eigenvalue weighted by atomic mass is 127. The number of halogens is 1. The molecule has 1 aliphatic rings.